The van der Waals surface area contributed by atoms with Gasteiger partial charge in [-0.3, -0.25) is 0 Å². The zero-order valence-electron chi connectivity index (χ0n) is 9.13. The van der Waals surface area contributed by atoms with Gasteiger partial charge in [-0.25, -0.2) is 8.78 Å². The van der Waals surface area contributed by atoms with Crippen LogP contribution >= 0.6 is 0 Å². The van der Waals surface area contributed by atoms with Crippen LogP contribution in [0.2, 0.25) is 0 Å². The lowest BCUT2D eigenvalue weighted by Crippen LogP contribution is -2.27. The second kappa shape index (κ2) is 5.21. The molecule has 1 aromatic rings. The summed E-state index contributed by atoms with van der Waals surface area (Å²) in [6.45, 7) is 3.77. The molecule has 2 unspecified atom stereocenters. The van der Waals surface area contributed by atoms with Crippen molar-refractivity contribution in [1.82, 2.24) is 0 Å². The quantitative estimate of drug-likeness (QED) is 0.816. The van der Waals surface area contributed by atoms with Gasteiger partial charge in [0, 0.05) is 17.5 Å². The average molecular weight is 213 g/mol. The maximum Gasteiger partial charge on any atom is 0.129 e. The van der Waals surface area contributed by atoms with Gasteiger partial charge in [0.05, 0.1) is 0 Å². The van der Waals surface area contributed by atoms with E-state index in [2.05, 4.69) is 0 Å². The minimum absolute atomic E-state index is 0.110. The number of hydrogen-bond acceptors (Lipinski definition) is 1. The monoisotopic (exact) mass is 213 g/mol. The molecule has 0 heterocycles. The SMILES string of the molecule is CCCC(N)C(C)c1c(F)cccc1F. The van der Waals surface area contributed by atoms with Crippen molar-refractivity contribution < 1.29 is 8.78 Å². The minimum atomic E-state index is -0.506. The zero-order valence-corrected chi connectivity index (χ0v) is 9.13. The van der Waals surface area contributed by atoms with Crippen LogP contribution in [0.3, 0.4) is 0 Å². The third kappa shape index (κ3) is 2.75. The molecule has 0 amide bonds. The van der Waals surface area contributed by atoms with E-state index in [1.807, 2.05) is 6.92 Å². The molecule has 0 aliphatic heterocycles. The van der Waals surface area contributed by atoms with Gasteiger partial charge in [0.25, 0.3) is 0 Å². The maximum atomic E-state index is 13.4. The first kappa shape index (κ1) is 12.1. The molecule has 0 spiro atoms. The molecule has 0 aliphatic carbocycles. The Labute approximate surface area is 89.3 Å². The summed E-state index contributed by atoms with van der Waals surface area (Å²) in [5, 5.41) is 0. The molecule has 2 atom stereocenters. The number of nitrogens with two attached hydrogens (primary N) is 1. The van der Waals surface area contributed by atoms with Crippen LogP contribution in [0.4, 0.5) is 8.78 Å². The van der Waals surface area contributed by atoms with Crippen molar-refractivity contribution in [3.63, 3.8) is 0 Å². The molecule has 1 aromatic carbocycles. The van der Waals surface area contributed by atoms with E-state index in [0.717, 1.165) is 12.8 Å². The zero-order chi connectivity index (χ0) is 11.4. The molecule has 0 aliphatic rings. The molecule has 0 saturated heterocycles. The van der Waals surface area contributed by atoms with E-state index < -0.39 is 11.6 Å². The van der Waals surface area contributed by atoms with E-state index in [-0.39, 0.29) is 17.5 Å². The molecule has 0 aromatic heterocycles. The first-order valence-corrected chi connectivity index (χ1v) is 5.27. The van der Waals surface area contributed by atoms with Gasteiger partial charge in [-0.1, -0.05) is 26.3 Å². The lowest BCUT2D eigenvalue weighted by Gasteiger charge is -2.20. The van der Waals surface area contributed by atoms with Crippen LogP contribution in [-0.4, -0.2) is 6.04 Å². The molecular weight excluding hydrogens is 196 g/mol. The maximum absolute atomic E-state index is 13.4. The van der Waals surface area contributed by atoms with Crippen LogP contribution < -0.4 is 5.73 Å². The first-order chi connectivity index (χ1) is 7.07. The second-order valence-corrected chi connectivity index (χ2v) is 3.88. The van der Waals surface area contributed by atoms with Crippen molar-refractivity contribution >= 4 is 0 Å². The molecule has 3 heteroatoms. The molecular formula is C12H17F2N. The number of benzene rings is 1. The molecule has 0 radical (unpaired) electrons. The topological polar surface area (TPSA) is 26.0 Å². The predicted octanol–water partition coefficient (Wildman–Crippen LogP) is 3.20. The van der Waals surface area contributed by atoms with Gasteiger partial charge in [0.1, 0.15) is 11.6 Å². The Kier molecular flexibility index (Phi) is 4.21. The largest absolute Gasteiger partial charge is 0.327 e. The summed E-state index contributed by atoms with van der Waals surface area (Å²) in [6.07, 6.45) is 1.69. The highest BCUT2D eigenvalue weighted by molar-refractivity contribution is 5.24. The van der Waals surface area contributed by atoms with Crippen LogP contribution in [0.15, 0.2) is 18.2 Å². The summed E-state index contributed by atoms with van der Waals surface area (Å²) in [5.74, 6) is -1.30. The van der Waals surface area contributed by atoms with Crippen LogP contribution in [-0.2, 0) is 0 Å². The Morgan fingerprint density at radius 1 is 1.27 bits per heavy atom. The Hall–Kier alpha value is -0.960. The van der Waals surface area contributed by atoms with Gasteiger partial charge >= 0.3 is 0 Å². The number of hydrogen-bond donors (Lipinski definition) is 1. The molecule has 0 saturated carbocycles. The highest BCUT2D eigenvalue weighted by Crippen LogP contribution is 2.25. The summed E-state index contributed by atoms with van der Waals surface area (Å²) in [5.41, 5.74) is 5.97. The number of rotatable bonds is 4. The molecule has 0 fully saturated rings. The molecule has 0 bridgehead atoms. The van der Waals surface area contributed by atoms with Gasteiger partial charge in [0.15, 0.2) is 0 Å². The van der Waals surface area contributed by atoms with Gasteiger partial charge in [-0.05, 0) is 18.6 Å². The van der Waals surface area contributed by atoms with Crippen molar-refractivity contribution in [3.8, 4) is 0 Å². The fourth-order valence-corrected chi connectivity index (χ4v) is 1.74. The van der Waals surface area contributed by atoms with E-state index in [1.54, 1.807) is 6.92 Å². The van der Waals surface area contributed by atoms with E-state index in [4.69, 9.17) is 5.73 Å². The van der Waals surface area contributed by atoms with E-state index >= 15 is 0 Å². The van der Waals surface area contributed by atoms with Gasteiger partial charge in [0.2, 0.25) is 0 Å². The lowest BCUT2D eigenvalue weighted by molar-refractivity contribution is 0.469. The average Bonchev–Trinajstić information content (AvgIpc) is 2.17. The molecule has 15 heavy (non-hydrogen) atoms. The summed E-state index contributed by atoms with van der Waals surface area (Å²) in [4.78, 5) is 0. The van der Waals surface area contributed by atoms with Gasteiger partial charge in [-0.2, -0.15) is 0 Å². The summed E-state index contributed by atoms with van der Waals surface area (Å²) < 4.78 is 26.8. The second-order valence-electron chi connectivity index (χ2n) is 3.88. The standard InChI is InChI=1S/C12H17F2N/c1-3-5-11(15)8(2)12-9(13)6-4-7-10(12)14/h4,6-8,11H,3,5,15H2,1-2H3. The van der Waals surface area contributed by atoms with Crippen LogP contribution in [0.1, 0.15) is 38.2 Å². The lowest BCUT2D eigenvalue weighted by atomic mass is 9.90. The Morgan fingerprint density at radius 3 is 2.27 bits per heavy atom. The van der Waals surface area contributed by atoms with E-state index in [1.165, 1.54) is 18.2 Å². The summed E-state index contributed by atoms with van der Waals surface area (Å²) in [7, 11) is 0. The predicted molar refractivity (Wildman–Crippen MR) is 57.7 cm³/mol. The van der Waals surface area contributed by atoms with Crippen LogP contribution in [0.25, 0.3) is 0 Å². The normalized spacial score (nSPS) is 15.0. The molecule has 1 rings (SSSR count). The van der Waals surface area contributed by atoms with Crippen molar-refractivity contribution in [3.05, 3.63) is 35.4 Å². The summed E-state index contributed by atoms with van der Waals surface area (Å²) >= 11 is 0. The number of halogens is 2. The van der Waals surface area contributed by atoms with Crippen molar-refractivity contribution in [1.29, 1.82) is 0 Å². The summed E-state index contributed by atoms with van der Waals surface area (Å²) in [6, 6.07) is 3.72. The smallest absolute Gasteiger partial charge is 0.129 e. The van der Waals surface area contributed by atoms with Crippen molar-refractivity contribution in [2.75, 3.05) is 0 Å². The highest BCUT2D eigenvalue weighted by Gasteiger charge is 2.20. The third-order valence-corrected chi connectivity index (χ3v) is 2.72. The fraction of sp³-hybridized carbons (Fsp3) is 0.500. The van der Waals surface area contributed by atoms with Gasteiger partial charge in [-0.15, -0.1) is 0 Å². The Balaban J connectivity index is 2.94. The molecule has 1 nitrogen and oxygen atoms in total. The van der Waals surface area contributed by atoms with Crippen molar-refractivity contribution in [2.24, 2.45) is 5.73 Å². The van der Waals surface area contributed by atoms with Gasteiger partial charge < -0.3 is 5.73 Å². The third-order valence-electron chi connectivity index (χ3n) is 2.72. The first-order valence-electron chi connectivity index (χ1n) is 5.27. The van der Waals surface area contributed by atoms with Crippen LogP contribution in [0.5, 0.6) is 0 Å². The van der Waals surface area contributed by atoms with E-state index in [9.17, 15) is 8.78 Å². The van der Waals surface area contributed by atoms with E-state index in [0.29, 0.717) is 0 Å². The Morgan fingerprint density at radius 2 is 1.80 bits per heavy atom. The Bertz CT molecular complexity index is 305. The van der Waals surface area contributed by atoms with Crippen molar-refractivity contribution in [2.45, 2.75) is 38.6 Å². The minimum Gasteiger partial charge on any atom is -0.327 e. The molecule has 2 N–H and O–H groups in total. The molecule has 84 valence electrons. The van der Waals surface area contributed by atoms with Crippen LogP contribution in [0, 0.1) is 11.6 Å². The highest BCUT2D eigenvalue weighted by atomic mass is 19.1. The fourth-order valence-electron chi connectivity index (χ4n) is 1.74.